The molecule has 3 heterocycles. The van der Waals surface area contributed by atoms with E-state index in [-0.39, 0.29) is 35.3 Å². The number of halogens is 2. The highest BCUT2D eigenvalue weighted by Crippen LogP contribution is 2.35. The maximum Gasteiger partial charge on any atom is 0.341 e. The number of aryl methyl sites for hydroxylation is 1. The van der Waals surface area contributed by atoms with Crippen LogP contribution in [0.2, 0.25) is 0 Å². The van der Waals surface area contributed by atoms with Gasteiger partial charge in [-0.15, -0.1) is 0 Å². The predicted octanol–water partition coefficient (Wildman–Crippen LogP) is 4.42. The number of phenols is 1. The summed E-state index contributed by atoms with van der Waals surface area (Å²) in [6.45, 7) is 2.37. The first-order valence-corrected chi connectivity index (χ1v) is 11.7. The van der Waals surface area contributed by atoms with Crippen LogP contribution in [0.4, 0.5) is 14.5 Å². The highest BCUT2D eigenvalue weighted by atomic mass is 19.1. The minimum Gasteiger partial charge on any atom is -0.508 e. The zero-order valence-corrected chi connectivity index (χ0v) is 19.8. The van der Waals surface area contributed by atoms with E-state index in [1.165, 1.54) is 28.8 Å². The van der Waals surface area contributed by atoms with Crippen molar-refractivity contribution in [1.82, 2.24) is 9.55 Å². The van der Waals surface area contributed by atoms with Crippen LogP contribution in [0.1, 0.15) is 28.8 Å². The smallest absolute Gasteiger partial charge is 0.341 e. The highest BCUT2D eigenvalue weighted by molar-refractivity contribution is 5.94. The van der Waals surface area contributed by atoms with Crippen molar-refractivity contribution >= 4 is 22.6 Å². The lowest BCUT2D eigenvalue weighted by molar-refractivity contribution is 0.0695. The second-order valence-corrected chi connectivity index (χ2v) is 8.91. The molecule has 190 valence electrons. The van der Waals surface area contributed by atoms with Crippen LogP contribution in [-0.4, -0.2) is 44.9 Å². The number of carboxylic acid groups (broad SMARTS) is 1. The molecule has 2 aromatic carbocycles. The summed E-state index contributed by atoms with van der Waals surface area (Å²) in [5, 5.41) is 18.8. The molecule has 0 bridgehead atoms. The number of nitrogens with zero attached hydrogens (tertiary/aromatic N) is 3. The van der Waals surface area contributed by atoms with E-state index in [2.05, 4.69) is 4.98 Å². The summed E-state index contributed by atoms with van der Waals surface area (Å²) in [5.74, 6) is -3.09. The summed E-state index contributed by atoms with van der Waals surface area (Å²) < 4.78 is 38.8. The Balaban J connectivity index is 1.64. The Morgan fingerprint density at radius 3 is 2.68 bits per heavy atom. The quantitative estimate of drug-likeness (QED) is 0.398. The van der Waals surface area contributed by atoms with E-state index in [9.17, 15) is 19.8 Å². The van der Waals surface area contributed by atoms with Crippen LogP contribution in [0, 0.1) is 18.6 Å². The number of benzene rings is 2. The van der Waals surface area contributed by atoms with Gasteiger partial charge in [0.05, 0.1) is 16.9 Å². The Kier molecular flexibility index (Phi) is 6.24. The number of carboxylic acids is 1. The molecule has 1 aliphatic rings. The van der Waals surface area contributed by atoms with E-state index in [0.717, 1.165) is 17.8 Å². The van der Waals surface area contributed by atoms with Crippen LogP contribution in [0.25, 0.3) is 16.6 Å². The molecule has 0 saturated carbocycles. The average molecular weight is 507 g/mol. The van der Waals surface area contributed by atoms with Gasteiger partial charge in [-0.2, -0.15) is 0 Å². The molecule has 0 spiro atoms. The fourth-order valence-corrected chi connectivity index (χ4v) is 4.74. The third-order valence-electron chi connectivity index (χ3n) is 6.55. The fraction of sp³-hybridized carbons (Fsp3) is 0.222. The lowest BCUT2D eigenvalue weighted by Crippen LogP contribution is -2.36. The summed E-state index contributed by atoms with van der Waals surface area (Å²) in [7, 11) is 0. The van der Waals surface area contributed by atoms with Crippen LogP contribution in [0.15, 0.2) is 59.7 Å². The summed E-state index contributed by atoms with van der Waals surface area (Å²) in [4.78, 5) is 30.4. The maximum absolute atomic E-state index is 16.2. The van der Waals surface area contributed by atoms with Gasteiger partial charge in [-0.25, -0.2) is 18.6 Å². The topological polar surface area (TPSA) is 105 Å². The third kappa shape index (κ3) is 4.35. The number of aromatic hydroxyl groups is 1. The fourth-order valence-electron chi connectivity index (χ4n) is 4.74. The number of phenolic OH excluding ortho intramolecular Hbond substituents is 1. The zero-order valence-electron chi connectivity index (χ0n) is 19.8. The molecule has 0 unspecified atom stereocenters. The van der Waals surface area contributed by atoms with Gasteiger partial charge >= 0.3 is 5.97 Å². The van der Waals surface area contributed by atoms with Gasteiger partial charge in [-0.05, 0) is 56.2 Å². The van der Waals surface area contributed by atoms with Gasteiger partial charge in [0.2, 0.25) is 11.3 Å². The first kappa shape index (κ1) is 24.2. The molecule has 1 atom stereocenters. The lowest BCUT2D eigenvalue weighted by atomic mass is 10.1. The Morgan fingerprint density at radius 1 is 1.22 bits per heavy atom. The molecule has 10 heteroatoms. The zero-order chi connectivity index (χ0) is 26.3. The molecule has 5 rings (SSSR count). The Hall–Kier alpha value is -4.47. The van der Waals surface area contributed by atoms with Crippen LogP contribution in [0.5, 0.6) is 11.6 Å². The molecule has 2 N–H and O–H groups in total. The van der Waals surface area contributed by atoms with Crippen LogP contribution >= 0.6 is 0 Å². The SMILES string of the molecule is Cc1cccnc1OC[C@H]1CCCN1c1c(F)cc2c(=O)c(C(=O)O)cn(-c3ccc(O)cc3)c2c1F. The van der Waals surface area contributed by atoms with Crippen molar-refractivity contribution in [3.05, 3.63) is 87.8 Å². The van der Waals surface area contributed by atoms with Gasteiger partial charge < -0.3 is 24.4 Å². The van der Waals surface area contributed by atoms with Gasteiger partial charge in [0.1, 0.15) is 29.4 Å². The second-order valence-electron chi connectivity index (χ2n) is 8.91. The number of ether oxygens (including phenoxy) is 1. The molecule has 1 fully saturated rings. The molecule has 0 radical (unpaired) electrons. The summed E-state index contributed by atoms with van der Waals surface area (Å²) >= 11 is 0. The molecule has 4 aromatic rings. The largest absolute Gasteiger partial charge is 0.508 e. The van der Waals surface area contributed by atoms with Crippen LogP contribution in [0.3, 0.4) is 0 Å². The Morgan fingerprint density at radius 2 is 1.97 bits per heavy atom. The molecule has 1 saturated heterocycles. The van der Waals surface area contributed by atoms with Crippen molar-refractivity contribution in [3.8, 4) is 17.3 Å². The van der Waals surface area contributed by atoms with E-state index in [1.807, 2.05) is 13.0 Å². The van der Waals surface area contributed by atoms with Crippen molar-refractivity contribution in [3.63, 3.8) is 0 Å². The van der Waals surface area contributed by atoms with Gasteiger partial charge in [0.25, 0.3) is 0 Å². The van der Waals surface area contributed by atoms with E-state index >= 15 is 8.78 Å². The van der Waals surface area contributed by atoms with Gasteiger partial charge in [-0.3, -0.25) is 4.79 Å². The van der Waals surface area contributed by atoms with Crippen molar-refractivity contribution in [2.45, 2.75) is 25.8 Å². The number of aromatic nitrogens is 2. The molecule has 8 nitrogen and oxygen atoms in total. The third-order valence-corrected chi connectivity index (χ3v) is 6.55. The van der Waals surface area contributed by atoms with Crippen molar-refractivity contribution in [1.29, 1.82) is 0 Å². The van der Waals surface area contributed by atoms with Crippen LogP contribution < -0.4 is 15.1 Å². The number of anilines is 1. The van der Waals surface area contributed by atoms with E-state index in [0.29, 0.717) is 25.3 Å². The van der Waals surface area contributed by atoms with Crippen molar-refractivity contribution in [2.75, 3.05) is 18.1 Å². The molecule has 1 aliphatic heterocycles. The van der Waals surface area contributed by atoms with Gasteiger partial charge in [-0.1, -0.05) is 6.07 Å². The minimum absolute atomic E-state index is 0.0529. The van der Waals surface area contributed by atoms with Crippen LogP contribution in [-0.2, 0) is 0 Å². The molecule has 2 aromatic heterocycles. The van der Waals surface area contributed by atoms with Crippen molar-refractivity contribution < 1.29 is 28.5 Å². The summed E-state index contributed by atoms with van der Waals surface area (Å²) in [6.07, 6.45) is 3.92. The molecule has 37 heavy (non-hydrogen) atoms. The van der Waals surface area contributed by atoms with Gasteiger partial charge in [0, 0.05) is 30.2 Å². The average Bonchev–Trinajstić information content (AvgIpc) is 3.32. The van der Waals surface area contributed by atoms with Gasteiger partial charge in [0.15, 0.2) is 5.82 Å². The Labute approximate surface area is 210 Å². The first-order chi connectivity index (χ1) is 17.8. The number of carbonyl (C=O) groups is 1. The predicted molar refractivity (Wildman–Crippen MR) is 133 cm³/mol. The summed E-state index contributed by atoms with van der Waals surface area (Å²) in [5.41, 5.74) is -1.08. The number of rotatable bonds is 6. The second kappa shape index (κ2) is 9.53. The molecular formula is C27H23F2N3O5. The summed E-state index contributed by atoms with van der Waals surface area (Å²) in [6, 6.07) is 9.74. The monoisotopic (exact) mass is 507 g/mol. The van der Waals surface area contributed by atoms with E-state index in [1.54, 1.807) is 17.2 Å². The standard InChI is InChI=1S/C27H23F2N3O5/c1-15-4-2-10-30-26(15)37-14-17-5-3-11-31(17)24-21(28)12-19-23(22(24)29)32(13-20(25(19)34)27(35)36)16-6-8-18(33)9-7-16/h2,4,6-10,12-13,17,33H,3,5,11,14H2,1H3,(H,35,36)/t17-/m1/s1. The van der Waals surface area contributed by atoms with Crippen molar-refractivity contribution in [2.24, 2.45) is 0 Å². The number of hydrogen-bond donors (Lipinski definition) is 2. The Bertz CT molecular complexity index is 1570. The molecule has 0 aliphatic carbocycles. The van der Waals surface area contributed by atoms with E-state index in [4.69, 9.17) is 4.74 Å². The lowest BCUT2D eigenvalue weighted by Gasteiger charge is -2.28. The maximum atomic E-state index is 16.2. The molecular weight excluding hydrogens is 484 g/mol. The number of hydrogen-bond acceptors (Lipinski definition) is 6. The minimum atomic E-state index is -1.52. The molecule has 0 amide bonds. The normalized spacial score (nSPS) is 15.3. The number of pyridine rings is 2. The number of fused-ring (bicyclic) bond motifs is 1. The van der Waals surface area contributed by atoms with E-state index < -0.39 is 34.0 Å². The highest BCUT2D eigenvalue weighted by Gasteiger charge is 2.32. The number of aromatic carboxylic acids is 1. The first-order valence-electron chi connectivity index (χ1n) is 11.7.